The van der Waals surface area contributed by atoms with Crippen LogP contribution in [0.15, 0.2) is 72.8 Å². The van der Waals surface area contributed by atoms with Gasteiger partial charge in [0.15, 0.2) is 0 Å². The van der Waals surface area contributed by atoms with Gasteiger partial charge in [0.25, 0.3) is 0 Å². The van der Waals surface area contributed by atoms with E-state index in [4.69, 9.17) is 0 Å². The largest absolute Gasteiger partial charge is 0.378 e. The third kappa shape index (κ3) is 4.22. The highest BCUT2D eigenvalue weighted by Gasteiger charge is 2.15. The van der Waals surface area contributed by atoms with Crippen molar-refractivity contribution in [1.29, 1.82) is 0 Å². The lowest BCUT2D eigenvalue weighted by atomic mass is 10.1. The molecule has 0 atom stereocenters. The molecule has 0 aromatic heterocycles. The number of rotatable bonds is 6. The number of anilines is 6. The number of hydrogen-bond donors (Lipinski definition) is 0. The van der Waals surface area contributed by atoms with Crippen molar-refractivity contribution in [3.63, 3.8) is 0 Å². The molecule has 0 radical (unpaired) electrons. The Kier molecular flexibility index (Phi) is 5.78. The third-order valence-corrected chi connectivity index (χ3v) is 4.81. The summed E-state index contributed by atoms with van der Waals surface area (Å²) in [5.41, 5.74) is 6.94. The SMILES string of the molecule is CN(C)c1cccc(N(c2cccc(N(C)C)c2)c2cccc(N(C)C)c2)c1. The molecule has 0 bridgehead atoms. The Balaban J connectivity index is 2.18. The van der Waals surface area contributed by atoms with Crippen molar-refractivity contribution >= 4 is 34.1 Å². The Morgan fingerprint density at radius 3 is 0.893 bits per heavy atom. The van der Waals surface area contributed by atoms with Gasteiger partial charge in [-0.15, -0.1) is 0 Å². The molecule has 0 amide bonds. The van der Waals surface area contributed by atoms with Gasteiger partial charge in [0.05, 0.1) is 0 Å². The maximum atomic E-state index is 2.31. The summed E-state index contributed by atoms with van der Waals surface area (Å²) in [5.74, 6) is 0. The highest BCUT2D eigenvalue weighted by molar-refractivity contribution is 5.81. The summed E-state index contributed by atoms with van der Waals surface area (Å²) in [5, 5.41) is 0. The Labute approximate surface area is 169 Å². The van der Waals surface area contributed by atoms with Crippen molar-refractivity contribution in [2.75, 3.05) is 61.9 Å². The molecule has 0 saturated heterocycles. The van der Waals surface area contributed by atoms with Gasteiger partial charge in [-0.05, 0) is 54.6 Å². The molecule has 0 aliphatic heterocycles. The van der Waals surface area contributed by atoms with Crippen LogP contribution < -0.4 is 19.6 Å². The maximum absolute atomic E-state index is 2.31. The average Bonchev–Trinajstić information content (AvgIpc) is 2.69. The lowest BCUT2D eigenvalue weighted by molar-refractivity contribution is 1.12. The molecule has 3 aromatic rings. The second-order valence-corrected chi connectivity index (χ2v) is 7.58. The maximum Gasteiger partial charge on any atom is 0.0482 e. The van der Waals surface area contributed by atoms with E-state index in [2.05, 4.69) is 135 Å². The van der Waals surface area contributed by atoms with Crippen molar-refractivity contribution in [2.24, 2.45) is 0 Å². The van der Waals surface area contributed by atoms with Gasteiger partial charge in [-0.1, -0.05) is 18.2 Å². The summed E-state index contributed by atoms with van der Waals surface area (Å²) in [4.78, 5) is 8.71. The van der Waals surface area contributed by atoms with E-state index < -0.39 is 0 Å². The Morgan fingerprint density at radius 2 is 0.643 bits per heavy atom. The van der Waals surface area contributed by atoms with Gasteiger partial charge in [-0.25, -0.2) is 0 Å². The summed E-state index contributed by atoms with van der Waals surface area (Å²) in [6, 6.07) is 25.9. The quantitative estimate of drug-likeness (QED) is 0.576. The first-order chi connectivity index (χ1) is 13.4. The fourth-order valence-electron chi connectivity index (χ4n) is 3.18. The Bertz CT molecular complexity index is 809. The molecule has 0 heterocycles. The van der Waals surface area contributed by atoms with Gasteiger partial charge in [-0.3, -0.25) is 0 Å². The first kappa shape index (κ1) is 19.6. The Hall–Kier alpha value is -3.14. The first-order valence-electron chi connectivity index (χ1n) is 9.49. The molecule has 0 aliphatic carbocycles. The topological polar surface area (TPSA) is 13.0 Å². The molecule has 0 spiro atoms. The monoisotopic (exact) mass is 374 g/mol. The van der Waals surface area contributed by atoms with Crippen LogP contribution in [0.3, 0.4) is 0 Å². The standard InChI is InChI=1S/C24H30N4/c1-25(2)19-10-7-13-22(16-19)28(23-14-8-11-20(17-23)26(3)4)24-15-9-12-21(18-24)27(5)6/h7-18H,1-6H3. The van der Waals surface area contributed by atoms with Crippen LogP contribution >= 0.6 is 0 Å². The fourth-order valence-corrected chi connectivity index (χ4v) is 3.18. The van der Waals surface area contributed by atoms with Crippen LogP contribution in [0.4, 0.5) is 34.1 Å². The number of nitrogens with zero attached hydrogens (tertiary/aromatic N) is 4. The minimum Gasteiger partial charge on any atom is -0.378 e. The van der Waals surface area contributed by atoms with Crippen LogP contribution in [-0.2, 0) is 0 Å². The van der Waals surface area contributed by atoms with E-state index in [1.54, 1.807) is 0 Å². The summed E-state index contributed by atoms with van der Waals surface area (Å²) in [6.45, 7) is 0. The number of benzene rings is 3. The van der Waals surface area contributed by atoms with Crippen LogP contribution in [0.5, 0.6) is 0 Å². The molecule has 146 valence electrons. The molecule has 0 N–H and O–H groups in total. The van der Waals surface area contributed by atoms with Crippen LogP contribution in [0, 0.1) is 0 Å². The molecule has 3 rings (SSSR count). The van der Waals surface area contributed by atoms with Gasteiger partial charge in [0.1, 0.15) is 0 Å². The molecule has 3 aromatic carbocycles. The second-order valence-electron chi connectivity index (χ2n) is 7.58. The Morgan fingerprint density at radius 1 is 0.393 bits per heavy atom. The molecule has 0 aliphatic rings. The predicted molar refractivity (Wildman–Crippen MR) is 124 cm³/mol. The lowest BCUT2D eigenvalue weighted by Crippen LogP contribution is -2.15. The van der Waals surface area contributed by atoms with Gasteiger partial charge in [0.2, 0.25) is 0 Å². The highest BCUT2D eigenvalue weighted by Crippen LogP contribution is 2.38. The van der Waals surface area contributed by atoms with E-state index >= 15 is 0 Å². The molecule has 0 unspecified atom stereocenters. The zero-order chi connectivity index (χ0) is 20.3. The molecular weight excluding hydrogens is 344 g/mol. The van der Waals surface area contributed by atoms with E-state index in [1.807, 2.05) is 0 Å². The smallest absolute Gasteiger partial charge is 0.0482 e. The van der Waals surface area contributed by atoms with Crippen LogP contribution in [0.2, 0.25) is 0 Å². The minimum absolute atomic E-state index is 1.14. The van der Waals surface area contributed by atoms with Gasteiger partial charge >= 0.3 is 0 Å². The molecule has 4 nitrogen and oxygen atoms in total. The summed E-state index contributed by atoms with van der Waals surface area (Å²) >= 11 is 0. The first-order valence-corrected chi connectivity index (χ1v) is 9.49. The summed E-state index contributed by atoms with van der Waals surface area (Å²) in [6.07, 6.45) is 0. The minimum atomic E-state index is 1.14. The van der Waals surface area contributed by atoms with Crippen molar-refractivity contribution in [1.82, 2.24) is 0 Å². The van der Waals surface area contributed by atoms with Crippen LogP contribution in [0.25, 0.3) is 0 Å². The molecule has 4 heteroatoms. The molecule has 0 fully saturated rings. The van der Waals surface area contributed by atoms with E-state index in [0.717, 1.165) is 17.1 Å². The normalized spacial score (nSPS) is 10.5. The van der Waals surface area contributed by atoms with E-state index in [-0.39, 0.29) is 0 Å². The zero-order valence-electron chi connectivity index (χ0n) is 17.7. The third-order valence-electron chi connectivity index (χ3n) is 4.81. The highest BCUT2D eigenvalue weighted by atomic mass is 15.2. The van der Waals surface area contributed by atoms with Crippen LogP contribution in [0.1, 0.15) is 0 Å². The lowest BCUT2D eigenvalue weighted by Gasteiger charge is -2.28. The van der Waals surface area contributed by atoms with E-state index in [0.29, 0.717) is 0 Å². The molecular formula is C24H30N4. The summed E-state index contributed by atoms with van der Waals surface area (Å²) < 4.78 is 0. The predicted octanol–water partition coefficient (Wildman–Crippen LogP) is 5.35. The molecule has 0 saturated carbocycles. The number of hydrogen-bond acceptors (Lipinski definition) is 4. The van der Waals surface area contributed by atoms with Gasteiger partial charge in [0, 0.05) is 76.4 Å². The summed E-state index contributed by atoms with van der Waals surface area (Å²) in [7, 11) is 12.4. The fraction of sp³-hybridized carbons (Fsp3) is 0.250. The van der Waals surface area contributed by atoms with Gasteiger partial charge < -0.3 is 19.6 Å². The van der Waals surface area contributed by atoms with E-state index in [9.17, 15) is 0 Å². The van der Waals surface area contributed by atoms with Crippen molar-refractivity contribution in [3.8, 4) is 0 Å². The molecule has 28 heavy (non-hydrogen) atoms. The zero-order valence-corrected chi connectivity index (χ0v) is 17.7. The van der Waals surface area contributed by atoms with Crippen LogP contribution in [-0.4, -0.2) is 42.3 Å². The van der Waals surface area contributed by atoms with Crippen molar-refractivity contribution in [2.45, 2.75) is 0 Å². The van der Waals surface area contributed by atoms with Crippen molar-refractivity contribution < 1.29 is 0 Å². The van der Waals surface area contributed by atoms with Crippen molar-refractivity contribution in [3.05, 3.63) is 72.8 Å². The van der Waals surface area contributed by atoms with Gasteiger partial charge in [-0.2, -0.15) is 0 Å². The van der Waals surface area contributed by atoms with E-state index in [1.165, 1.54) is 17.1 Å². The average molecular weight is 375 g/mol. The second kappa shape index (κ2) is 8.26.